The van der Waals surface area contributed by atoms with Crippen molar-refractivity contribution >= 4 is 20.2 Å². The molecule has 0 radical (unpaired) electrons. The van der Waals surface area contributed by atoms with E-state index >= 15 is 0 Å². The van der Waals surface area contributed by atoms with E-state index in [9.17, 15) is 21.4 Å². The first-order chi connectivity index (χ1) is 10.0. The Bertz CT molecular complexity index is 943. The van der Waals surface area contributed by atoms with Gasteiger partial charge in [0.05, 0.1) is 9.79 Å². The van der Waals surface area contributed by atoms with Gasteiger partial charge in [0.2, 0.25) is 0 Å². The Morgan fingerprint density at radius 3 is 2.00 bits per heavy atom. The lowest BCUT2D eigenvalue weighted by Crippen LogP contribution is -2.03. The van der Waals surface area contributed by atoms with Crippen molar-refractivity contribution in [1.82, 2.24) is 0 Å². The summed E-state index contributed by atoms with van der Waals surface area (Å²) in [6.45, 7) is 3.24. The highest BCUT2D eigenvalue weighted by Gasteiger charge is 2.18. The molecule has 2 aromatic rings. The molecule has 0 spiro atoms. The maximum absolute atomic E-state index is 11.4. The molecule has 2 N–H and O–H groups in total. The van der Waals surface area contributed by atoms with Gasteiger partial charge < -0.3 is 0 Å². The molecule has 6 nitrogen and oxygen atoms in total. The molecule has 0 atom stereocenters. The predicted molar refractivity (Wildman–Crippen MR) is 81.0 cm³/mol. The van der Waals surface area contributed by atoms with Crippen molar-refractivity contribution in [2.45, 2.75) is 23.6 Å². The zero-order valence-corrected chi connectivity index (χ0v) is 13.4. The van der Waals surface area contributed by atoms with Gasteiger partial charge in [-0.15, -0.1) is 0 Å². The fraction of sp³-hybridized carbons (Fsp3) is 0.143. The van der Waals surface area contributed by atoms with Crippen LogP contribution in [0.3, 0.4) is 0 Å². The van der Waals surface area contributed by atoms with E-state index in [1.807, 2.05) is 0 Å². The molecule has 0 unspecified atom stereocenters. The molecule has 0 aliphatic carbocycles. The summed E-state index contributed by atoms with van der Waals surface area (Å²) in [5, 5.41) is 0. The van der Waals surface area contributed by atoms with Crippen LogP contribution < -0.4 is 0 Å². The summed E-state index contributed by atoms with van der Waals surface area (Å²) in [5.74, 6) is 0. The Hall–Kier alpha value is -1.74. The Labute approximate surface area is 128 Å². The van der Waals surface area contributed by atoms with E-state index in [1.54, 1.807) is 13.0 Å². The molecule has 0 aliphatic rings. The minimum Gasteiger partial charge on any atom is -0.282 e. The molecular formula is C14H14O6S2. The van der Waals surface area contributed by atoms with Crippen molar-refractivity contribution in [3.8, 4) is 11.1 Å². The summed E-state index contributed by atoms with van der Waals surface area (Å²) >= 11 is 0. The average Bonchev–Trinajstić information content (AvgIpc) is 2.37. The third-order valence-electron chi connectivity index (χ3n) is 3.36. The molecule has 0 amide bonds. The van der Waals surface area contributed by atoms with Crippen molar-refractivity contribution in [2.24, 2.45) is 0 Å². The van der Waals surface area contributed by atoms with Gasteiger partial charge in [0.15, 0.2) is 0 Å². The lowest BCUT2D eigenvalue weighted by Gasteiger charge is -2.13. The molecule has 2 aromatic carbocycles. The molecule has 118 valence electrons. The summed E-state index contributed by atoms with van der Waals surface area (Å²) in [6, 6.07) is 8.36. The monoisotopic (exact) mass is 342 g/mol. The summed E-state index contributed by atoms with van der Waals surface area (Å²) < 4.78 is 63.6. The molecule has 0 bridgehead atoms. The van der Waals surface area contributed by atoms with Crippen LogP contribution in [0.4, 0.5) is 0 Å². The molecule has 0 saturated heterocycles. The molecule has 2 rings (SSSR count). The minimum atomic E-state index is -4.38. The van der Waals surface area contributed by atoms with Crippen molar-refractivity contribution < 1.29 is 25.9 Å². The van der Waals surface area contributed by atoms with Gasteiger partial charge >= 0.3 is 0 Å². The smallest absolute Gasteiger partial charge is 0.282 e. The van der Waals surface area contributed by atoms with Gasteiger partial charge in [-0.1, -0.05) is 18.2 Å². The van der Waals surface area contributed by atoms with Crippen LogP contribution in [0.2, 0.25) is 0 Å². The van der Waals surface area contributed by atoms with Gasteiger partial charge in [-0.3, -0.25) is 9.11 Å². The molecule has 0 fully saturated rings. The van der Waals surface area contributed by atoms with Crippen LogP contribution in [-0.4, -0.2) is 25.9 Å². The SMILES string of the molecule is Cc1ccc(S(=O)(=O)O)cc1-c1cccc(S(=O)(=O)O)c1C. The van der Waals surface area contributed by atoms with Crippen LogP contribution in [0.1, 0.15) is 11.1 Å². The summed E-state index contributed by atoms with van der Waals surface area (Å²) in [5.41, 5.74) is 1.90. The standard InChI is InChI=1S/C14H14O6S2/c1-9-6-7-11(21(15,16)17)8-13(9)12-4-3-5-14(10(12)2)22(18,19)20/h3-8H,1-2H3,(H,15,16,17)(H,18,19,20). The van der Waals surface area contributed by atoms with Crippen LogP contribution in [0.15, 0.2) is 46.2 Å². The first-order valence-electron chi connectivity index (χ1n) is 6.17. The van der Waals surface area contributed by atoms with Crippen molar-refractivity contribution in [3.63, 3.8) is 0 Å². The first kappa shape index (κ1) is 16.6. The van der Waals surface area contributed by atoms with E-state index in [-0.39, 0.29) is 9.79 Å². The quantitative estimate of drug-likeness (QED) is 0.829. The van der Waals surface area contributed by atoms with Gasteiger partial charge in [-0.25, -0.2) is 0 Å². The second-order valence-corrected chi connectivity index (χ2v) is 7.67. The molecule has 0 saturated carbocycles. The normalized spacial score (nSPS) is 12.4. The molecular weight excluding hydrogens is 328 g/mol. The summed E-state index contributed by atoms with van der Waals surface area (Å²) in [4.78, 5) is -0.536. The lowest BCUT2D eigenvalue weighted by atomic mass is 9.97. The minimum absolute atomic E-state index is 0.248. The molecule has 22 heavy (non-hydrogen) atoms. The maximum Gasteiger partial charge on any atom is 0.294 e. The Balaban J connectivity index is 2.78. The highest BCUT2D eigenvalue weighted by molar-refractivity contribution is 7.86. The first-order valence-corrected chi connectivity index (χ1v) is 9.05. The van der Waals surface area contributed by atoms with Crippen molar-refractivity contribution in [2.75, 3.05) is 0 Å². The van der Waals surface area contributed by atoms with Crippen LogP contribution in [-0.2, 0) is 20.2 Å². The van der Waals surface area contributed by atoms with Crippen LogP contribution in [0.25, 0.3) is 11.1 Å². The second kappa shape index (κ2) is 5.47. The van der Waals surface area contributed by atoms with Gasteiger partial charge in [-0.2, -0.15) is 16.8 Å². The number of hydrogen-bond donors (Lipinski definition) is 2. The van der Waals surface area contributed by atoms with E-state index < -0.39 is 20.2 Å². The zero-order chi connectivity index (χ0) is 16.7. The Kier molecular flexibility index (Phi) is 4.14. The Morgan fingerprint density at radius 2 is 1.45 bits per heavy atom. The van der Waals surface area contributed by atoms with Crippen LogP contribution in [0, 0.1) is 13.8 Å². The second-order valence-electron chi connectivity index (χ2n) is 4.86. The molecule has 0 aromatic heterocycles. The maximum atomic E-state index is 11.4. The third-order valence-corrected chi connectivity index (χ3v) is 5.21. The van der Waals surface area contributed by atoms with Gasteiger partial charge in [0, 0.05) is 0 Å². The van der Waals surface area contributed by atoms with E-state index in [1.165, 1.54) is 37.3 Å². The number of benzene rings is 2. The van der Waals surface area contributed by atoms with E-state index in [0.717, 1.165) is 0 Å². The van der Waals surface area contributed by atoms with Gasteiger partial charge in [0.1, 0.15) is 0 Å². The van der Waals surface area contributed by atoms with Gasteiger partial charge in [-0.05, 0) is 54.3 Å². The highest BCUT2D eigenvalue weighted by atomic mass is 32.2. The van der Waals surface area contributed by atoms with Crippen molar-refractivity contribution in [3.05, 3.63) is 47.5 Å². The van der Waals surface area contributed by atoms with Crippen LogP contribution in [0.5, 0.6) is 0 Å². The van der Waals surface area contributed by atoms with Gasteiger partial charge in [0.25, 0.3) is 20.2 Å². The van der Waals surface area contributed by atoms with Crippen molar-refractivity contribution in [1.29, 1.82) is 0 Å². The average molecular weight is 342 g/mol. The molecule has 0 heterocycles. The molecule has 8 heteroatoms. The largest absolute Gasteiger partial charge is 0.294 e. The number of aryl methyl sites for hydroxylation is 1. The van der Waals surface area contributed by atoms with E-state index in [0.29, 0.717) is 22.3 Å². The third kappa shape index (κ3) is 3.20. The van der Waals surface area contributed by atoms with Crippen LogP contribution >= 0.6 is 0 Å². The highest BCUT2D eigenvalue weighted by Crippen LogP contribution is 2.31. The van der Waals surface area contributed by atoms with E-state index in [2.05, 4.69) is 0 Å². The fourth-order valence-corrected chi connectivity index (χ4v) is 3.49. The van der Waals surface area contributed by atoms with E-state index in [4.69, 9.17) is 4.55 Å². The Morgan fingerprint density at radius 1 is 0.818 bits per heavy atom. The number of rotatable bonds is 3. The summed E-state index contributed by atoms with van der Waals surface area (Å²) in [6.07, 6.45) is 0. The number of hydrogen-bond acceptors (Lipinski definition) is 4. The summed E-state index contributed by atoms with van der Waals surface area (Å²) in [7, 11) is -8.75. The fourth-order valence-electron chi connectivity index (χ4n) is 2.24. The topological polar surface area (TPSA) is 109 Å². The predicted octanol–water partition coefficient (Wildman–Crippen LogP) is 2.46. The molecule has 0 aliphatic heterocycles. The lowest BCUT2D eigenvalue weighted by molar-refractivity contribution is 0.480. The zero-order valence-electron chi connectivity index (χ0n) is 11.8.